The lowest BCUT2D eigenvalue weighted by molar-refractivity contribution is -0.143. The summed E-state index contributed by atoms with van der Waals surface area (Å²) in [6, 6.07) is 1.71. The molecule has 0 aromatic carbocycles. The molecule has 1 N–H and O–H groups in total. The van der Waals surface area contributed by atoms with Crippen molar-refractivity contribution in [1.29, 1.82) is 0 Å². The van der Waals surface area contributed by atoms with E-state index < -0.39 is 11.9 Å². The van der Waals surface area contributed by atoms with E-state index in [2.05, 4.69) is 0 Å². The van der Waals surface area contributed by atoms with Crippen molar-refractivity contribution in [3.63, 3.8) is 0 Å². The van der Waals surface area contributed by atoms with Gasteiger partial charge in [0.25, 0.3) is 5.91 Å². The SMILES string of the molecule is Cc1cc(C(=O)N2CCC[C@H](C(=O)O)C2)c(C)o1. The molecule has 2 heterocycles. The third-order valence-corrected chi connectivity index (χ3v) is 3.33. The van der Waals surface area contributed by atoms with Gasteiger partial charge in [-0.05, 0) is 32.8 Å². The highest BCUT2D eigenvalue weighted by Gasteiger charge is 2.29. The topological polar surface area (TPSA) is 70.8 Å². The minimum absolute atomic E-state index is 0.129. The summed E-state index contributed by atoms with van der Waals surface area (Å²) in [4.78, 5) is 24.9. The van der Waals surface area contributed by atoms with Crippen LogP contribution in [0.3, 0.4) is 0 Å². The molecule has 0 unspecified atom stereocenters. The number of rotatable bonds is 2. The van der Waals surface area contributed by atoms with Crippen molar-refractivity contribution in [2.75, 3.05) is 13.1 Å². The zero-order chi connectivity index (χ0) is 13.3. The monoisotopic (exact) mass is 251 g/mol. The third kappa shape index (κ3) is 2.39. The fraction of sp³-hybridized carbons (Fsp3) is 0.538. The molecule has 2 rings (SSSR count). The summed E-state index contributed by atoms with van der Waals surface area (Å²) in [5, 5.41) is 9.01. The minimum atomic E-state index is -0.826. The number of nitrogens with zero attached hydrogens (tertiary/aromatic N) is 1. The Hall–Kier alpha value is -1.78. The van der Waals surface area contributed by atoms with Gasteiger partial charge in [0.05, 0.1) is 11.5 Å². The van der Waals surface area contributed by atoms with Gasteiger partial charge in [-0.25, -0.2) is 0 Å². The zero-order valence-corrected chi connectivity index (χ0v) is 10.6. The van der Waals surface area contributed by atoms with Crippen LogP contribution in [0, 0.1) is 19.8 Å². The third-order valence-electron chi connectivity index (χ3n) is 3.33. The Balaban J connectivity index is 2.14. The van der Waals surface area contributed by atoms with Crippen molar-refractivity contribution in [3.05, 3.63) is 23.2 Å². The molecule has 1 aliphatic rings. The second-order valence-electron chi connectivity index (χ2n) is 4.76. The number of likely N-dealkylation sites (tertiary alicyclic amines) is 1. The number of carboxylic acid groups (broad SMARTS) is 1. The first-order chi connectivity index (χ1) is 8.49. The highest BCUT2D eigenvalue weighted by Crippen LogP contribution is 2.21. The van der Waals surface area contributed by atoms with Gasteiger partial charge in [0.2, 0.25) is 0 Å². The average Bonchev–Trinajstić information content (AvgIpc) is 2.67. The van der Waals surface area contributed by atoms with Gasteiger partial charge in [-0.1, -0.05) is 0 Å². The van der Waals surface area contributed by atoms with E-state index >= 15 is 0 Å². The average molecular weight is 251 g/mol. The van der Waals surface area contributed by atoms with E-state index in [1.54, 1.807) is 24.8 Å². The molecule has 5 nitrogen and oxygen atoms in total. The van der Waals surface area contributed by atoms with E-state index in [-0.39, 0.29) is 12.5 Å². The molecule has 0 aliphatic carbocycles. The number of carbonyl (C=O) groups excluding carboxylic acids is 1. The predicted octanol–water partition coefficient (Wildman–Crippen LogP) is 1.83. The predicted molar refractivity (Wildman–Crippen MR) is 64.4 cm³/mol. The molecule has 0 bridgehead atoms. The molecular formula is C13H17NO4. The molecule has 1 amide bonds. The molecule has 98 valence electrons. The molecule has 0 radical (unpaired) electrons. The van der Waals surface area contributed by atoms with Gasteiger partial charge in [0.15, 0.2) is 0 Å². The number of aryl methyl sites for hydroxylation is 2. The van der Waals surface area contributed by atoms with Crippen LogP contribution in [-0.2, 0) is 4.79 Å². The van der Waals surface area contributed by atoms with E-state index in [1.165, 1.54) is 0 Å². The standard InChI is InChI=1S/C13H17NO4/c1-8-6-11(9(2)18-8)12(15)14-5-3-4-10(7-14)13(16)17/h6,10H,3-5,7H2,1-2H3,(H,16,17)/t10-/m0/s1. The smallest absolute Gasteiger partial charge is 0.308 e. The molecule has 1 aromatic heterocycles. The number of hydrogen-bond acceptors (Lipinski definition) is 3. The molecule has 0 spiro atoms. The van der Waals surface area contributed by atoms with Crippen molar-refractivity contribution in [1.82, 2.24) is 4.90 Å². The van der Waals surface area contributed by atoms with Crippen molar-refractivity contribution < 1.29 is 19.1 Å². The van der Waals surface area contributed by atoms with Crippen molar-refractivity contribution in [2.24, 2.45) is 5.92 Å². The van der Waals surface area contributed by atoms with Crippen LogP contribution >= 0.6 is 0 Å². The Kier molecular flexibility index (Phi) is 3.41. The van der Waals surface area contributed by atoms with E-state index in [4.69, 9.17) is 9.52 Å². The van der Waals surface area contributed by atoms with Crippen LogP contribution in [-0.4, -0.2) is 35.0 Å². The molecule has 0 saturated carbocycles. The molecule has 1 saturated heterocycles. The summed E-state index contributed by atoms with van der Waals surface area (Å²) in [5.41, 5.74) is 0.540. The maximum atomic E-state index is 12.3. The minimum Gasteiger partial charge on any atom is -0.481 e. The van der Waals surface area contributed by atoms with Crippen LogP contribution in [0.2, 0.25) is 0 Å². The largest absolute Gasteiger partial charge is 0.481 e. The summed E-state index contributed by atoms with van der Waals surface area (Å²) in [6.45, 7) is 4.45. The number of carboxylic acids is 1. The normalized spacial score (nSPS) is 19.9. The first-order valence-electron chi connectivity index (χ1n) is 6.08. The second-order valence-corrected chi connectivity index (χ2v) is 4.76. The summed E-state index contributed by atoms with van der Waals surface area (Å²) in [6.07, 6.45) is 1.38. The van der Waals surface area contributed by atoms with Crippen LogP contribution in [0.1, 0.15) is 34.7 Å². The highest BCUT2D eigenvalue weighted by atomic mass is 16.4. The number of hydrogen-bond donors (Lipinski definition) is 1. The van der Waals surface area contributed by atoms with Crippen LogP contribution in [0.15, 0.2) is 10.5 Å². The molecule has 5 heteroatoms. The Morgan fingerprint density at radius 1 is 1.44 bits per heavy atom. The van der Waals surface area contributed by atoms with Crippen LogP contribution < -0.4 is 0 Å². The summed E-state index contributed by atoms with van der Waals surface area (Å²) in [7, 11) is 0. The maximum absolute atomic E-state index is 12.3. The summed E-state index contributed by atoms with van der Waals surface area (Å²) in [5.74, 6) is -0.114. The van der Waals surface area contributed by atoms with Gasteiger partial charge in [-0.3, -0.25) is 9.59 Å². The zero-order valence-electron chi connectivity index (χ0n) is 10.6. The van der Waals surface area contributed by atoms with Crippen LogP contribution in [0.4, 0.5) is 0 Å². The van der Waals surface area contributed by atoms with Gasteiger partial charge in [-0.15, -0.1) is 0 Å². The lowest BCUT2D eigenvalue weighted by atomic mass is 9.97. The van der Waals surface area contributed by atoms with E-state index in [0.717, 1.165) is 6.42 Å². The van der Waals surface area contributed by atoms with E-state index in [1.807, 2.05) is 0 Å². The number of furan rings is 1. The van der Waals surface area contributed by atoms with Gasteiger partial charge >= 0.3 is 5.97 Å². The molecular weight excluding hydrogens is 234 g/mol. The van der Waals surface area contributed by atoms with Crippen molar-refractivity contribution in [2.45, 2.75) is 26.7 Å². The van der Waals surface area contributed by atoms with Gasteiger partial charge in [-0.2, -0.15) is 0 Å². The molecule has 1 aromatic rings. The number of carbonyl (C=O) groups is 2. The first-order valence-corrected chi connectivity index (χ1v) is 6.08. The molecule has 1 fully saturated rings. The van der Waals surface area contributed by atoms with E-state index in [0.29, 0.717) is 30.0 Å². The molecule has 1 aliphatic heterocycles. The fourth-order valence-electron chi connectivity index (χ4n) is 2.38. The Morgan fingerprint density at radius 3 is 2.72 bits per heavy atom. The number of amides is 1. The Bertz CT molecular complexity index is 477. The quantitative estimate of drug-likeness (QED) is 0.870. The van der Waals surface area contributed by atoms with Crippen molar-refractivity contribution >= 4 is 11.9 Å². The fourth-order valence-corrected chi connectivity index (χ4v) is 2.38. The molecule has 1 atom stereocenters. The highest BCUT2D eigenvalue weighted by molar-refractivity contribution is 5.95. The summed E-state index contributed by atoms with van der Waals surface area (Å²) < 4.78 is 5.34. The summed E-state index contributed by atoms with van der Waals surface area (Å²) >= 11 is 0. The van der Waals surface area contributed by atoms with Gasteiger partial charge in [0, 0.05) is 13.1 Å². The van der Waals surface area contributed by atoms with Crippen LogP contribution in [0.5, 0.6) is 0 Å². The lowest BCUT2D eigenvalue weighted by Crippen LogP contribution is -2.42. The van der Waals surface area contributed by atoms with Crippen LogP contribution in [0.25, 0.3) is 0 Å². The maximum Gasteiger partial charge on any atom is 0.308 e. The van der Waals surface area contributed by atoms with Gasteiger partial charge < -0.3 is 14.4 Å². The number of piperidine rings is 1. The number of aliphatic carboxylic acids is 1. The lowest BCUT2D eigenvalue weighted by Gasteiger charge is -2.30. The second kappa shape index (κ2) is 4.84. The van der Waals surface area contributed by atoms with Crippen molar-refractivity contribution in [3.8, 4) is 0 Å². The Morgan fingerprint density at radius 2 is 2.17 bits per heavy atom. The van der Waals surface area contributed by atoms with E-state index in [9.17, 15) is 9.59 Å². The first kappa shape index (κ1) is 12.7. The van der Waals surface area contributed by atoms with Gasteiger partial charge in [0.1, 0.15) is 11.5 Å². The molecule has 18 heavy (non-hydrogen) atoms. The Labute approximate surface area is 105 Å².